The molecular formula is C18H23F2N3O3. The fourth-order valence-corrected chi connectivity index (χ4v) is 3.49. The largest absolute Gasteiger partial charge is 0.389 e. The standard InChI is InChI=1S/C18H23F2N3O3/c1-9-17(10(2)22-21-9)11-5-13(19)12(14(20)6-11)3-4-23-7-15(24)18(26)16(25)8-23/h5-6,15-16,18,24-26H,3-4,7-8H2,1-2H3,(H,21,22)/t15-,16+,18+. The van der Waals surface area contributed by atoms with E-state index in [1.165, 1.54) is 12.1 Å². The number of aliphatic hydroxyl groups is 3. The SMILES string of the molecule is Cc1n[nH]c(C)c1-c1cc(F)c(CCN2C[C@@H](O)[C@H](O)[C@@H](O)C2)c(F)c1. The third-order valence-electron chi connectivity index (χ3n) is 4.91. The van der Waals surface area contributed by atoms with Gasteiger partial charge in [-0.25, -0.2) is 8.78 Å². The molecule has 1 aromatic heterocycles. The smallest absolute Gasteiger partial charge is 0.129 e. The van der Waals surface area contributed by atoms with E-state index in [4.69, 9.17) is 0 Å². The normalized spacial score (nSPS) is 24.2. The highest BCUT2D eigenvalue weighted by atomic mass is 19.1. The quantitative estimate of drug-likeness (QED) is 0.645. The maximum absolute atomic E-state index is 14.5. The number of aryl methyl sites for hydroxylation is 2. The molecule has 0 amide bonds. The van der Waals surface area contributed by atoms with Gasteiger partial charge in [0.25, 0.3) is 0 Å². The zero-order valence-corrected chi connectivity index (χ0v) is 14.7. The Balaban J connectivity index is 1.75. The van der Waals surface area contributed by atoms with Crippen LogP contribution in [0.5, 0.6) is 0 Å². The number of H-pyrrole nitrogens is 1. The molecular weight excluding hydrogens is 344 g/mol. The van der Waals surface area contributed by atoms with Crippen molar-refractivity contribution in [1.29, 1.82) is 0 Å². The lowest BCUT2D eigenvalue weighted by Crippen LogP contribution is -2.55. The lowest BCUT2D eigenvalue weighted by atomic mass is 9.99. The minimum absolute atomic E-state index is 0.0392. The summed E-state index contributed by atoms with van der Waals surface area (Å²) in [6.45, 7) is 4.11. The third-order valence-corrected chi connectivity index (χ3v) is 4.91. The third kappa shape index (κ3) is 3.64. The van der Waals surface area contributed by atoms with Gasteiger partial charge in [-0.15, -0.1) is 0 Å². The lowest BCUT2D eigenvalue weighted by molar-refractivity contribution is -0.109. The maximum Gasteiger partial charge on any atom is 0.129 e. The molecule has 0 bridgehead atoms. The average molecular weight is 367 g/mol. The molecule has 2 heterocycles. The zero-order valence-electron chi connectivity index (χ0n) is 14.7. The summed E-state index contributed by atoms with van der Waals surface area (Å²) < 4.78 is 29.0. The number of nitrogens with one attached hydrogen (secondary N) is 1. The number of nitrogens with zero attached hydrogens (tertiary/aromatic N) is 2. The first-order chi connectivity index (χ1) is 12.3. The topological polar surface area (TPSA) is 92.6 Å². The van der Waals surface area contributed by atoms with Crippen LogP contribution in [0.1, 0.15) is 17.0 Å². The van der Waals surface area contributed by atoms with E-state index in [1.54, 1.807) is 18.7 Å². The Morgan fingerprint density at radius 1 is 1.12 bits per heavy atom. The van der Waals surface area contributed by atoms with Gasteiger partial charge in [-0.1, -0.05) is 0 Å². The molecule has 1 fully saturated rings. The Morgan fingerprint density at radius 2 is 1.69 bits per heavy atom. The van der Waals surface area contributed by atoms with E-state index in [9.17, 15) is 24.1 Å². The molecule has 0 saturated carbocycles. The number of hydrogen-bond donors (Lipinski definition) is 4. The molecule has 0 aliphatic carbocycles. The second-order valence-electron chi connectivity index (χ2n) is 6.86. The Bertz CT molecular complexity index is 741. The van der Waals surface area contributed by atoms with Gasteiger partial charge in [0.15, 0.2) is 0 Å². The van der Waals surface area contributed by atoms with Crippen LogP contribution in [-0.2, 0) is 6.42 Å². The van der Waals surface area contributed by atoms with Crippen LogP contribution in [-0.4, -0.2) is 68.4 Å². The summed E-state index contributed by atoms with van der Waals surface area (Å²) in [6, 6.07) is 2.60. The molecule has 6 nitrogen and oxygen atoms in total. The number of aliphatic hydroxyl groups excluding tert-OH is 3. The van der Waals surface area contributed by atoms with E-state index in [2.05, 4.69) is 10.2 Å². The van der Waals surface area contributed by atoms with Gasteiger partial charge in [-0.3, -0.25) is 10.00 Å². The molecule has 0 unspecified atom stereocenters. The number of rotatable bonds is 4. The molecule has 1 saturated heterocycles. The predicted octanol–water partition coefficient (Wildman–Crippen LogP) is 0.913. The summed E-state index contributed by atoms with van der Waals surface area (Å²) in [4.78, 5) is 1.68. The van der Waals surface area contributed by atoms with Gasteiger partial charge in [0.1, 0.15) is 17.7 Å². The van der Waals surface area contributed by atoms with Crippen molar-refractivity contribution in [3.05, 3.63) is 40.7 Å². The first-order valence-corrected chi connectivity index (χ1v) is 8.54. The second kappa shape index (κ2) is 7.40. The van der Waals surface area contributed by atoms with E-state index in [1.807, 2.05) is 0 Å². The first-order valence-electron chi connectivity index (χ1n) is 8.54. The number of likely N-dealkylation sites (tertiary alicyclic amines) is 1. The Hall–Kier alpha value is -1.87. The van der Waals surface area contributed by atoms with Gasteiger partial charge in [0, 0.05) is 36.5 Å². The highest BCUT2D eigenvalue weighted by Gasteiger charge is 2.33. The number of piperidine rings is 1. The minimum Gasteiger partial charge on any atom is -0.389 e. The monoisotopic (exact) mass is 367 g/mol. The molecule has 1 aromatic carbocycles. The molecule has 3 atom stereocenters. The summed E-state index contributed by atoms with van der Waals surface area (Å²) >= 11 is 0. The van der Waals surface area contributed by atoms with Crippen molar-refractivity contribution in [3.8, 4) is 11.1 Å². The molecule has 26 heavy (non-hydrogen) atoms. The van der Waals surface area contributed by atoms with Gasteiger partial charge in [-0.05, 0) is 38.0 Å². The summed E-state index contributed by atoms with van der Waals surface area (Å²) in [5.74, 6) is -1.28. The van der Waals surface area contributed by atoms with Gasteiger partial charge >= 0.3 is 0 Å². The average Bonchev–Trinajstić information content (AvgIpc) is 2.90. The number of aromatic amines is 1. The van der Waals surface area contributed by atoms with Crippen LogP contribution in [0, 0.1) is 25.5 Å². The molecule has 3 rings (SSSR count). The van der Waals surface area contributed by atoms with Crippen molar-refractivity contribution in [2.75, 3.05) is 19.6 Å². The van der Waals surface area contributed by atoms with E-state index in [0.29, 0.717) is 16.8 Å². The molecule has 1 aliphatic rings. The number of benzene rings is 1. The van der Waals surface area contributed by atoms with Crippen molar-refractivity contribution >= 4 is 0 Å². The number of β-amino-alcohol motifs (C(OH)–C–C–N with tert-alkyl or cyclic N) is 2. The Labute approximate surface area is 150 Å². The van der Waals surface area contributed by atoms with Crippen LogP contribution in [0.25, 0.3) is 11.1 Å². The predicted molar refractivity (Wildman–Crippen MR) is 91.6 cm³/mol. The molecule has 142 valence electrons. The molecule has 8 heteroatoms. The number of halogens is 2. The van der Waals surface area contributed by atoms with E-state index in [0.717, 1.165) is 5.69 Å². The van der Waals surface area contributed by atoms with Crippen LogP contribution in [0.3, 0.4) is 0 Å². The summed E-state index contributed by atoms with van der Waals surface area (Å²) in [5, 5.41) is 35.8. The van der Waals surface area contributed by atoms with Gasteiger partial charge in [0.2, 0.25) is 0 Å². The summed E-state index contributed by atoms with van der Waals surface area (Å²) in [7, 11) is 0. The highest BCUT2D eigenvalue weighted by molar-refractivity contribution is 5.68. The van der Waals surface area contributed by atoms with Crippen molar-refractivity contribution in [3.63, 3.8) is 0 Å². The van der Waals surface area contributed by atoms with Gasteiger partial charge in [-0.2, -0.15) is 5.10 Å². The van der Waals surface area contributed by atoms with Crippen LogP contribution < -0.4 is 0 Å². The van der Waals surface area contributed by atoms with Crippen molar-refractivity contribution in [2.24, 2.45) is 0 Å². The maximum atomic E-state index is 14.5. The van der Waals surface area contributed by atoms with Crippen LogP contribution >= 0.6 is 0 Å². The molecule has 2 aromatic rings. The second-order valence-corrected chi connectivity index (χ2v) is 6.86. The molecule has 0 spiro atoms. The van der Waals surface area contributed by atoms with Gasteiger partial charge in [0.05, 0.1) is 17.9 Å². The fraction of sp³-hybridized carbons (Fsp3) is 0.500. The Kier molecular flexibility index (Phi) is 5.38. The minimum atomic E-state index is -1.19. The van der Waals surface area contributed by atoms with Crippen LogP contribution in [0.2, 0.25) is 0 Å². The Morgan fingerprint density at radius 3 is 2.19 bits per heavy atom. The summed E-state index contributed by atoms with van der Waals surface area (Å²) in [6.07, 6.45) is -3.26. The van der Waals surface area contributed by atoms with Crippen LogP contribution in [0.15, 0.2) is 12.1 Å². The lowest BCUT2D eigenvalue weighted by Gasteiger charge is -2.36. The van der Waals surface area contributed by atoms with Crippen LogP contribution in [0.4, 0.5) is 8.78 Å². The highest BCUT2D eigenvalue weighted by Crippen LogP contribution is 2.29. The summed E-state index contributed by atoms with van der Waals surface area (Å²) in [5.41, 5.74) is 2.49. The zero-order chi connectivity index (χ0) is 19.0. The number of aromatic nitrogens is 2. The van der Waals surface area contributed by atoms with E-state index in [-0.39, 0.29) is 31.6 Å². The molecule has 1 aliphatic heterocycles. The fourth-order valence-electron chi connectivity index (χ4n) is 3.49. The van der Waals surface area contributed by atoms with Crippen molar-refractivity contribution in [2.45, 2.75) is 38.6 Å². The van der Waals surface area contributed by atoms with Gasteiger partial charge < -0.3 is 15.3 Å². The number of hydrogen-bond acceptors (Lipinski definition) is 5. The first kappa shape index (κ1) is 18.9. The van der Waals surface area contributed by atoms with Crippen molar-refractivity contribution in [1.82, 2.24) is 15.1 Å². The van der Waals surface area contributed by atoms with E-state index >= 15 is 0 Å². The molecule has 0 radical (unpaired) electrons. The van der Waals surface area contributed by atoms with Crippen molar-refractivity contribution < 1.29 is 24.1 Å². The molecule has 4 N–H and O–H groups in total. The van der Waals surface area contributed by atoms with E-state index < -0.39 is 29.9 Å².